The number of carbonyl (C=O) groups excluding carboxylic acids is 1. The third-order valence-electron chi connectivity index (χ3n) is 2.03. The molecular formula is C9H9NO2. The SMILES string of the molecule is CC(=O)c1cncc2c1COC2. The second-order valence-corrected chi connectivity index (χ2v) is 2.87. The van der Waals surface area contributed by atoms with Gasteiger partial charge in [0.2, 0.25) is 0 Å². The average molecular weight is 163 g/mol. The molecule has 0 N–H and O–H groups in total. The maximum atomic E-state index is 11.1. The largest absolute Gasteiger partial charge is 0.372 e. The number of ketones is 1. The van der Waals surface area contributed by atoms with E-state index in [1.807, 2.05) is 0 Å². The fourth-order valence-electron chi connectivity index (χ4n) is 1.39. The van der Waals surface area contributed by atoms with Crippen molar-refractivity contribution in [2.75, 3.05) is 0 Å². The van der Waals surface area contributed by atoms with Crippen LogP contribution in [0.15, 0.2) is 12.4 Å². The van der Waals surface area contributed by atoms with Crippen LogP contribution in [0.25, 0.3) is 0 Å². The van der Waals surface area contributed by atoms with Crippen molar-refractivity contribution in [3.63, 3.8) is 0 Å². The van der Waals surface area contributed by atoms with E-state index in [9.17, 15) is 4.79 Å². The van der Waals surface area contributed by atoms with Crippen molar-refractivity contribution in [2.45, 2.75) is 20.1 Å². The summed E-state index contributed by atoms with van der Waals surface area (Å²) < 4.78 is 5.21. The first-order chi connectivity index (χ1) is 5.79. The number of rotatable bonds is 1. The smallest absolute Gasteiger partial charge is 0.161 e. The molecule has 62 valence electrons. The summed E-state index contributed by atoms with van der Waals surface area (Å²) in [7, 11) is 0. The second kappa shape index (κ2) is 2.68. The number of fused-ring (bicyclic) bond motifs is 1. The van der Waals surface area contributed by atoms with Crippen LogP contribution in [-0.2, 0) is 18.0 Å². The maximum Gasteiger partial charge on any atom is 0.161 e. The van der Waals surface area contributed by atoms with Crippen LogP contribution in [0.1, 0.15) is 28.4 Å². The zero-order valence-electron chi connectivity index (χ0n) is 6.83. The van der Waals surface area contributed by atoms with Crippen molar-refractivity contribution in [3.05, 3.63) is 29.1 Å². The van der Waals surface area contributed by atoms with Crippen molar-refractivity contribution in [1.82, 2.24) is 4.98 Å². The van der Waals surface area contributed by atoms with E-state index >= 15 is 0 Å². The molecular weight excluding hydrogens is 154 g/mol. The molecule has 1 aliphatic heterocycles. The standard InChI is InChI=1S/C9H9NO2/c1-6(11)8-3-10-2-7-4-12-5-9(7)8/h2-3H,4-5H2,1H3. The fourth-order valence-corrected chi connectivity index (χ4v) is 1.39. The average Bonchev–Trinajstić information content (AvgIpc) is 2.49. The summed E-state index contributed by atoms with van der Waals surface area (Å²) in [5, 5.41) is 0. The van der Waals surface area contributed by atoms with Gasteiger partial charge in [-0.2, -0.15) is 0 Å². The quantitative estimate of drug-likeness (QED) is 0.586. The van der Waals surface area contributed by atoms with Crippen LogP contribution in [0.5, 0.6) is 0 Å². The molecule has 12 heavy (non-hydrogen) atoms. The molecule has 0 fully saturated rings. The van der Waals surface area contributed by atoms with E-state index in [1.54, 1.807) is 19.3 Å². The number of ether oxygens (including phenoxy) is 1. The van der Waals surface area contributed by atoms with Gasteiger partial charge < -0.3 is 4.74 Å². The predicted molar refractivity (Wildman–Crippen MR) is 42.7 cm³/mol. The number of nitrogens with zero attached hydrogens (tertiary/aromatic N) is 1. The molecule has 0 aromatic carbocycles. The number of aromatic nitrogens is 1. The molecule has 0 bridgehead atoms. The lowest BCUT2D eigenvalue weighted by atomic mass is 10.1. The summed E-state index contributed by atoms with van der Waals surface area (Å²) in [6, 6.07) is 0. The molecule has 2 rings (SSSR count). The first-order valence-corrected chi connectivity index (χ1v) is 3.83. The van der Waals surface area contributed by atoms with E-state index < -0.39 is 0 Å². The minimum Gasteiger partial charge on any atom is -0.372 e. The highest BCUT2D eigenvalue weighted by molar-refractivity contribution is 5.95. The summed E-state index contributed by atoms with van der Waals surface area (Å²) in [5.41, 5.74) is 2.75. The molecule has 2 heterocycles. The molecule has 0 radical (unpaired) electrons. The van der Waals surface area contributed by atoms with E-state index in [0.29, 0.717) is 18.8 Å². The number of hydrogen-bond acceptors (Lipinski definition) is 3. The van der Waals surface area contributed by atoms with Crippen LogP contribution in [0, 0.1) is 0 Å². The summed E-state index contributed by atoms with van der Waals surface area (Å²) in [5.74, 6) is 0.0600. The number of Topliss-reactive ketones (excluding diaryl/α,β-unsaturated/α-hetero) is 1. The molecule has 1 aromatic heterocycles. The third kappa shape index (κ3) is 1.02. The molecule has 0 saturated heterocycles. The Kier molecular flexibility index (Phi) is 1.66. The molecule has 0 saturated carbocycles. The van der Waals surface area contributed by atoms with Crippen LogP contribution in [0.4, 0.5) is 0 Å². The Balaban J connectivity index is 2.56. The molecule has 0 atom stereocenters. The van der Waals surface area contributed by atoms with Crippen molar-refractivity contribution >= 4 is 5.78 Å². The van der Waals surface area contributed by atoms with Gasteiger partial charge in [0.25, 0.3) is 0 Å². The van der Waals surface area contributed by atoms with Gasteiger partial charge in [0.1, 0.15) is 0 Å². The molecule has 1 aromatic rings. The van der Waals surface area contributed by atoms with E-state index in [1.165, 1.54) is 0 Å². The Morgan fingerprint density at radius 1 is 1.50 bits per heavy atom. The Labute approximate surface area is 70.4 Å². The monoisotopic (exact) mass is 163 g/mol. The van der Waals surface area contributed by atoms with Gasteiger partial charge in [-0.3, -0.25) is 9.78 Å². The van der Waals surface area contributed by atoms with E-state index in [2.05, 4.69) is 4.98 Å². The first kappa shape index (κ1) is 7.43. The van der Waals surface area contributed by atoms with Crippen molar-refractivity contribution in [2.24, 2.45) is 0 Å². The molecule has 3 heteroatoms. The van der Waals surface area contributed by atoms with Gasteiger partial charge in [-0.15, -0.1) is 0 Å². The Bertz CT molecular complexity index is 333. The van der Waals surface area contributed by atoms with E-state index in [0.717, 1.165) is 11.1 Å². The van der Waals surface area contributed by atoms with Crippen molar-refractivity contribution < 1.29 is 9.53 Å². The zero-order valence-corrected chi connectivity index (χ0v) is 6.83. The highest BCUT2D eigenvalue weighted by atomic mass is 16.5. The predicted octanol–water partition coefficient (Wildman–Crippen LogP) is 1.31. The molecule has 0 unspecified atom stereocenters. The van der Waals surface area contributed by atoms with Gasteiger partial charge in [-0.1, -0.05) is 0 Å². The van der Waals surface area contributed by atoms with Crippen LogP contribution >= 0.6 is 0 Å². The van der Waals surface area contributed by atoms with Crippen molar-refractivity contribution in [1.29, 1.82) is 0 Å². The second-order valence-electron chi connectivity index (χ2n) is 2.87. The minimum atomic E-state index is 0.0600. The lowest BCUT2D eigenvalue weighted by molar-refractivity contribution is 0.101. The lowest BCUT2D eigenvalue weighted by Gasteiger charge is -2.00. The summed E-state index contributed by atoms with van der Waals surface area (Å²) in [6.07, 6.45) is 3.37. The van der Waals surface area contributed by atoms with Gasteiger partial charge in [-0.25, -0.2) is 0 Å². The fraction of sp³-hybridized carbons (Fsp3) is 0.333. The molecule has 0 spiro atoms. The molecule has 1 aliphatic rings. The Morgan fingerprint density at radius 3 is 3.08 bits per heavy atom. The summed E-state index contributed by atoms with van der Waals surface area (Å²) in [4.78, 5) is 15.1. The van der Waals surface area contributed by atoms with Crippen LogP contribution < -0.4 is 0 Å². The third-order valence-corrected chi connectivity index (χ3v) is 2.03. The zero-order chi connectivity index (χ0) is 8.55. The maximum absolute atomic E-state index is 11.1. The normalized spacial score (nSPS) is 14.4. The Hall–Kier alpha value is -1.22. The van der Waals surface area contributed by atoms with E-state index in [-0.39, 0.29) is 5.78 Å². The molecule has 0 amide bonds. The van der Waals surface area contributed by atoms with Gasteiger partial charge in [0.15, 0.2) is 5.78 Å². The highest BCUT2D eigenvalue weighted by Gasteiger charge is 2.17. The molecule has 3 nitrogen and oxygen atoms in total. The van der Waals surface area contributed by atoms with Crippen LogP contribution in [-0.4, -0.2) is 10.8 Å². The number of carbonyl (C=O) groups is 1. The van der Waals surface area contributed by atoms with Gasteiger partial charge in [0.05, 0.1) is 13.2 Å². The van der Waals surface area contributed by atoms with Gasteiger partial charge >= 0.3 is 0 Å². The summed E-state index contributed by atoms with van der Waals surface area (Å²) in [6.45, 7) is 2.69. The van der Waals surface area contributed by atoms with Gasteiger partial charge in [0, 0.05) is 23.5 Å². The molecule has 0 aliphatic carbocycles. The number of pyridine rings is 1. The topological polar surface area (TPSA) is 39.2 Å². The lowest BCUT2D eigenvalue weighted by Crippen LogP contribution is -1.99. The first-order valence-electron chi connectivity index (χ1n) is 3.83. The highest BCUT2D eigenvalue weighted by Crippen LogP contribution is 2.22. The van der Waals surface area contributed by atoms with Crippen LogP contribution in [0.3, 0.4) is 0 Å². The van der Waals surface area contributed by atoms with Gasteiger partial charge in [-0.05, 0) is 12.5 Å². The summed E-state index contributed by atoms with van der Waals surface area (Å²) >= 11 is 0. The number of hydrogen-bond donors (Lipinski definition) is 0. The van der Waals surface area contributed by atoms with E-state index in [4.69, 9.17) is 4.74 Å². The van der Waals surface area contributed by atoms with Crippen LogP contribution in [0.2, 0.25) is 0 Å². The Morgan fingerprint density at radius 2 is 2.33 bits per heavy atom. The minimum absolute atomic E-state index is 0.0600. The van der Waals surface area contributed by atoms with Crippen molar-refractivity contribution in [3.8, 4) is 0 Å².